The quantitative estimate of drug-likeness (QED) is 0.0398. The number of rotatable bonds is 19. The average molecular weight is 1320 g/mol. The maximum atomic E-state index is 13.5. The molecule has 4 aromatic heterocycles. The number of hydrogen-bond donors (Lipinski definition) is 7. The second-order valence-electron chi connectivity index (χ2n) is 21.0. The Balaban J connectivity index is 0.000000215. The van der Waals surface area contributed by atoms with Gasteiger partial charge >= 0.3 is 5.97 Å². The van der Waals surface area contributed by atoms with Crippen LogP contribution in [0.4, 0.5) is 11.4 Å². The predicted octanol–water partition coefficient (Wildman–Crippen LogP) is 11.4. The van der Waals surface area contributed by atoms with E-state index in [0.29, 0.717) is 68.9 Å². The minimum Gasteiger partial charge on any atom is -0.478 e. The molecule has 4 aromatic carbocycles. The number of nitrogens with one attached hydrogen (secondary N) is 5. The zero-order chi connectivity index (χ0) is 60.6. The van der Waals surface area contributed by atoms with E-state index in [0.717, 1.165) is 133 Å². The van der Waals surface area contributed by atoms with Crippen molar-refractivity contribution in [2.75, 3.05) is 37.1 Å². The maximum Gasteiger partial charge on any atom is 0.335 e. The molecule has 0 aliphatic carbocycles. The van der Waals surface area contributed by atoms with Crippen molar-refractivity contribution in [1.29, 1.82) is 0 Å². The molecular formula is C64H77Br2ClN12O7. The Morgan fingerprint density at radius 2 is 0.977 bits per heavy atom. The summed E-state index contributed by atoms with van der Waals surface area (Å²) in [7, 11) is 0. The van der Waals surface area contributed by atoms with E-state index >= 15 is 0 Å². The highest BCUT2D eigenvalue weighted by Crippen LogP contribution is 2.33. The lowest BCUT2D eigenvalue weighted by molar-refractivity contribution is 0.0696. The van der Waals surface area contributed by atoms with E-state index in [-0.39, 0.29) is 54.3 Å². The molecule has 0 spiro atoms. The van der Waals surface area contributed by atoms with Gasteiger partial charge in [-0.15, -0.1) is 12.4 Å². The lowest BCUT2D eigenvalue weighted by Gasteiger charge is -2.26. The van der Waals surface area contributed by atoms with E-state index in [1.807, 2.05) is 91.1 Å². The highest BCUT2D eigenvalue weighted by atomic mass is 79.9. The highest BCUT2D eigenvalue weighted by Gasteiger charge is 2.25. The number of carboxylic acid groups (broad SMARTS) is 1. The zero-order valence-corrected chi connectivity index (χ0v) is 53.5. The number of nitrogens with two attached hydrogens (primary N) is 1. The predicted molar refractivity (Wildman–Crippen MR) is 346 cm³/mol. The third-order valence-electron chi connectivity index (χ3n) is 14.9. The molecule has 6 heterocycles. The summed E-state index contributed by atoms with van der Waals surface area (Å²) in [5, 5.41) is 36.8. The second kappa shape index (κ2) is 31.9. The van der Waals surface area contributed by atoms with Gasteiger partial charge in [-0.1, -0.05) is 70.0 Å². The number of aromatic nitrogens is 6. The molecule has 0 radical (unpaired) electrons. The number of fused-ring (bicyclic) bond motifs is 2. The topological polar surface area (TPSA) is 255 Å². The van der Waals surface area contributed by atoms with E-state index in [1.165, 1.54) is 6.07 Å². The van der Waals surface area contributed by atoms with Crippen molar-refractivity contribution in [3.05, 3.63) is 173 Å². The van der Waals surface area contributed by atoms with E-state index in [1.54, 1.807) is 37.3 Å². The molecule has 2 saturated heterocycles. The van der Waals surface area contributed by atoms with Crippen LogP contribution in [0.1, 0.15) is 140 Å². The fraction of sp³-hybridized carbons (Fsp3) is 0.375. The number of amides is 3. The van der Waals surface area contributed by atoms with Crippen LogP contribution in [0.15, 0.2) is 106 Å². The van der Waals surface area contributed by atoms with Crippen LogP contribution in [0.25, 0.3) is 22.1 Å². The van der Waals surface area contributed by atoms with Gasteiger partial charge in [0.25, 0.3) is 17.7 Å². The largest absolute Gasteiger partial charge is 0.478 e. The maximum absolute atomic E-state index is 13.5. The summed E-state index contributed by atoms with van der Waals surface area (Å²) in [5.41, 5.74) is 17.7. The van der Waals surface area contributed by atoms with Crippen LogP contribution in [0.3, 0.4) is 0 Å². The first kappa shape index (κ1) is 66.3. The summed E-state index contributed by atoms with van der Waals surface area (Å²) < 4.78 is 16.9. The molecule has 19 nitrogen and oxygen atoms in total. The van der Waals surface area contributed by atoms with Crippen LogP contribution < -0.4 is 32.3 Å². The number of carbonyl (C=O) groups excluding carboxylic acids is 3. The Labute approximate surface area is 525 Å². The number of pyridine rings is 2. The molecule has 86 heavy (non-hydrogen) atoms. The molecule has 8 aromatic rings. The number of aryl methyl sites for hydroxylation is 6. The first-order chi connectivity index (χ1) is 41.1. The van der Waals surface area contributed by atoms with E-state index in [9.17, 15) is 24.3 Å². The third-order valence-corrected chi connectivity index (χ3v) is 15.8. The minimum atomic E-state index is -1.06. The van der Waals surface area contributed by atoms with Gasteiger partial charge in [-0.3, -0.25) is 14.4 Å². The minimum absolute atomic E-state index is 0. The normalized spacial score (nSPS) is 13.4. The number of carboxylic acids is 1. The fourth-order valence-corrected chi connectivity index (χ4v) is 11.3. The summed E-state index contributed by atoms with van der Waals surface area (Å²) in [5.74, 6) is -1.86. The molecule has 0 bridgehead atoms. The van der Waals surface area contributed by atoms with Crippen LogP contribution in [0.5, 0.6) is 0 Å². The molecule has 10 rings (SSSR count). The molecule has 456 valence electrons. The van der Waals surface area contributed by atoms with Crippen LogP contribution in [-0.2, 0) is 61.6 Å². The lowest BCUT2D eigenvalue weighted by atomic mass is 10.0. The Morgan fingerprint density at radius 3 is 1.36 bits per heavy atom. The number of anilines is 2. The highest BCUT2D eigenvalue weighted by molar-refractivity contribution is 9.10. The Hall–Kier alpha value is -7.27. The Morgan fingerprint density at radius 1 is 0.581 bits per heavy atom. The molecule has 0 saturated carbocycles. The van der Waals surface area contributed by atoms with Crippen LogP contribution in [0, 0.1) is 13.8 Å². The van der Waals surface area contributed by atoms with Crippen molar-refractivity contribution >= 4 is 101 Å². The van der Waals surface area contributed by atoms with Crippen molar-refractivity contribution in [3.8, 4) is 0 Å². The number of benzene rings is 4. The number of nitrogens with zero attached hydrogens (tertiary/aromatic N) is 6. The van der Waals surface area contributed by atoms with Gasteiger partial charge in [-0.05, 0) is 149 Å². The number of aromatic carboxylic acids is 1. The van der Waals surface area contributed by atoms with Gasteiger partial charge < -0.3 is 46.9 Å². The Kier molecular flexibility index (Phi) is 24.6. The van der Waals surface area contributed by atoms with Gasteiger partial charge in [0, 0.05) is 126 Å². The average Bonchev–Trinajstić information content (AvgIpc) is 1.85. The zero-order valence-electron chi connectivity index (χ0n) is 49.5. The van der Waals surface area contributed by atoms with Gasteiger partial charge in [0.05, 0.1) is 40.1 Å². The molecule has 0 atom stereocenters. The van der Waals surface area contributed by atoms with Crippen molar-refractivity contribution in [2.24, 2.45) is 5.73 Å². The van der Waals surface area contributed by atoms with E-state index < -0.39 is 5.97 Å². The summed E-state index contributed by atoms with van der Waals surface area (Å²) in [6, 6.07) is 26.2. The van der Waals surface area contributed by atoms with E-state index in [4.69, 9.17) is 25.2 Å². The monoisotopic (exact) mass is 1320 g/mol. The van der Waals surface area contributed by atoms with Gasteiger partial charge in [0.1, 0.15) is 0 Å². The van der Waals surface area contributed by atoms with Gasteiger partial charge in [-0.25, -0.2) is 24.1 Å². The molecule has 3 amide bonds. The molecular weight excluding hydrogens is 1240 g/mol. The van der Waals surface area contributed by atoms with Crippen molar-refractivity contribution in [3.63, 3.8) is 0 Å². The van der Waals surface area contributed by atoms with Crippen LogP contribution in [0.2, 0.25) is 0 Å². The summed E-state index contributed by atoms with van der Waals surface area (Å²) >= 11 is 6.81. The third kappa shape index (κ3) is 17.2. The summed E-state index contributed by atoms with van der Waals surface area (Å²) in [6.07, 6.45) is 8.73. The van der Waals surface area contributed by atoms with E-state index in [2.05, 4.69) is 82.5 Å². The van der Waals surface area contributed by atoms with Gasteiger partial charge in [0.2, 0.25) is 0 Å². The summed E-state index contributed by atoms with van der Waals surface area (Å²) in [4.78, 5) is 60.7. The van der Waals surface area contributed by atoms with Crippen molar-refractivity contribution in [2.45, 2.75) is 131 Å². The molecule has 2 fully saturated rings. The van der Waals surface area contributed by atoms with Crippen LogP contribution in [-0.4, -0.2) is 96.8 Å². The molecule has 2 aliphatic heterocycles. The SMILES string of the molecule is CCc1nc2c(cnn2CC)c(NC2CCOCC2)c1CNC(=O)c1cc(C)cc(C(=O)NCc2cccc(Br)c2)c1.CCc1nc2c(cnn2CC)c(NC2CCOCC2)c1CNC(=O)c1cc(C)cc(C(=O)O)c1.Cl.NCc1cccc(Br)c1. The Bertz CT molecular complexity index is 3660. The fourth-order valence-electron chi connectivity index (χ4n) is 10.4. The van der Waals surface area contributed by atoms with Gasteiger partial charge in [-0.2, -0.15) is 10.2 Å². The lowest BCUT2D eigenvalue weighted by Crippen LogP contribution is -2.30. The number of hydrogen-bond acceptors (Lipinski definition) is 13. The number of ether oxygens (including phenoxy) is 2. The van der Waals surface area contributed by atoms with Crippen LogP contribution >= 0.6 is 44.3 Å². The molecule has 2 aliphatic rings. The van der Waals surface area contributed by atoms with Gasteiger partial charge in [0.15, 0.2) is 11.3 Å². The molecule has 22 heteroatoms. The second-order valence-corrected chi connectivity index (χ2v) is 22.8. The van der Waals surface area contributed by atoms with Crippen molar-refractivity contribution in [1.82, 2.24) is 45.5 Å². The number of halogens is 3. The smallest absolute Gasteiger partial charge is 0.335 e. The summed E-state index contributed by atoms with van der Waals surface area (Å²) in [6.45, 7) is 17.7. The standard InChI is InChI=1S/C32H37BrN6O3.C25H31N5O4.C7H8BrN.ClH/c1-4-28-26(29(37-25-9-11-42-12-10-25)27-19-36-39(5-2)30(27)38-28)18-35-32(41)23-14-20(3)13-22(16-23)31(40)34-17-21-7-6-8-24(33)15-21;1-4-21-19(13-26-24(31)16-10-15(3)11-17(12-16)25(32)33)22(28-18-6-8-34-9-7-18)20-14-27-30(5-2)23(20)29-21;8-7-3-1-2-6(4-7)5-9;/h6-8,13-16,19,25H,4-5,9-12,17-18H2,1-3H3,(H,34,40)(H,35,41)(H,37,38);10-12,14,18H,4-9,13H2,1-3H3,(H,26,31)(H,28,29)(H,32,33);1-4H,5,9H2;1H. The first-order valence-corrected chi connectivity index (χ1v) is 30.6. The molecule has 0 unspecified atom stereocenters. The first-order valence-electron chi connectivity index (χ1n) is 29.0. The van der Waals surface area contributed by atoms with Crippen molar-refractivity contribution < 1.29 is 33.8 Å². The number of carbonyl (C=O) groups is 4. The molecule has 8 N–H and O–H groups in total.